The van der Waals surface area contributed by atoms with Crippen LogP contribution in [0.15, 0.2) is 0 Å². The molecule has 0 heterocycles. The lowest BCUT2D eigenvalue weighted by Gasteiger charge is -2.04. The highest BCUT2D eigenvalue weighted by Crippen LogP contribution is 2.17. The third kappa shape index (κ3) is 3.53. The van der Waals surface area contributed by atoms with E-state index in [-0.39, 0.29) is 0 Å². The second-order valence-electron chi connectivity index (χ2n) is 1.44. The maximum absolute atomic E-state index is 11.3. The highest BCUT2D eigenvalue weighted by molar-refractivity contribution is 7.82. The first-order valence-electron chi connectivity index (χ1n) is 2.30. The fourth-order valence-corrected chi connectivity index (χ4v) is 0.522. The maximum Gasteiger partial charge on any atom is 0.492 e. The first kappa shape index (κ1) is 11.2. The van der Waals surface area contributed by atoms with E-state index < -0.39 is 22.5 Å². The van der Waals surface area contributed by atoms with Gasteiger partial charge in [0.15, 0.2) is 0 Å². The summed E-state index contributed by atoms with van der Waals surface area (Å²) in [6, 6.07) is 0. The molecule has 0 radical (unpaired) electrons. The summed E-state index contributed by atoms with van der Waals surface area (Å²) in [7, 11) is -4.32. The van der Waals surface area contributed by atoms with Gasteiger partial charge in [-0.2, -0.15) is 21.6 Å². The molecule has 12 heavy (non-hydrogen) atoms. The second kappa shape index (κ2) is 3.27. The van der Waals surface area contributed by atoms with Gasteiger partial charge in [-0.05, 0) is 0 Å². The molecular formula is C3H3F3O5S. The molecule has 0 spiro atoms. The van der Waals surface area contributed by atoms with E-state index in [1.807, 2.05) is 0 Å². The van der Waals surface area contributed by atoms with Gasteiger partial charge in [0.1, 0.15) is 0 Å². The number of alkyl halides is 3. The van der Waals surface area contributed by atoms with Crippen LogP contribution in [-0.4, -0.2) is 27.7 Å². The molecule has 0 aromatic heterocycles. The van der Waals surface area contributed by atoms with Crippen molar-refractivity contribution in [3.63, 3.8) is 0 Å². The number of hydrogen-bond donors (Lipinski definition) is 0. The largest absolute Gasteiger partial charge is 0.492 e. The topological polar surface area (TPSA) is 69.7 Å². The van der Waals surface area contributed by atoms with Gasteiger partial charge in [0.05, 0.1) is 7.11 Å². The summed E-state index contributed by atoms with van der Waals surface area (Å²) in [5.74, 6) is -2.84. The van der Waals surface area contributed by atoms with E-state index in [0.29, 0.717) is 7.11 Å². The molecule has 0 saturated carbocycles. The van der Waals surface area contributed by atoms with Gasteiger partial charge in [-0.3, -0.25) is 0 Å². The molecule has 0 saturated heterocycles. The lowest BCUT2D eigenvalue weighted by atomic mass is 10.7. The third-order valence-electron chi connectivity index (χ3n) is 0.613. The van der Waals surface area contributed by atoms with E-state index in [0.717, 1.165) is 0 Å². The highest BCUT2D eigenvalue weighted by atomic mass is 32.3. The van der Waals surface area contributed by atoms with E-state index >= 15 is 0 Å². The van der Waals surface area contributed by atoms with Crippen LogP contribution in [-0.2, 0) is 23.6 Å². The number of rotatable bonds is 2. The van der Waals surface area contributed by atoms with Crippen molar-refractivity contribution in [1.29, 1.82) is 0 Å². The van der Waals surface area contributed by atoms with Crippen molar-refractivity contribution < 1.29 is 34.7 Å². The minimum atomic E-state index is -5.36. The molecule has 0 bridgehead atoms. The Balaban J connectivity index is 4.42. The van der Waals surface area contributed by atoms with Crippen LogP contribution in [0, 0.1) is 0 Å². The quantitative estimate of drug-likeness (QED) is 0.637. The minimum Gasteiger partial charge on any atom is -0.316 e. The summed E-state index contributed by atoms with van der Waals surface area (Å²) < 4.78 is 60.5. The summed E-state index contributed by atoms with van der Waals surface area (Å²) in [5.41, 5.74) is 0. The third-order valence-corrected chi connectivity index (χ3v) is 1.38. The van der Waals surface area contributed by atoms with Gasteiger partial charge in [0.25, 0.3) is 0 Å². The molecule has 5 nitrogen and oxygen atoms in total. The first-order valence-corrected chi connectivity index (χ1v) is 3.63. The molecule has 0 aromatic carbocycles. The second-order valence-corrected chi connectivity index (χ2v) is 2.76. The van der Waals surface area contributed by atoms with Crippen LogP contribution >= 0.6 is 0 Å². The van der Waals surface area contributed by atoms with E-state index in [4.69, 9.17) is 0 Å². The summed E-state index contributed by atoms with van der Waals surface area (Å²) in [4.78, 5) is 9.83. The Hall–Kier alpha value is -0.830. The van der Waals surface area contributed by atoms with Gasteiger partial charge in [0.2, 0.25) is 0 Å². The fourth-order valence-electron chi connectivity index (χ4n) is 0.174. The fraction of sp³-hybridized carbons (Fsp3) is 0.667. The molecule has 0 fully saturated rings. The lowest BCUT2D eigenvalue weighted by molar-refractivity contribution is -0.189. The van der Waals surface area contributed by atoms with Crippen LogP contribution in [0.2, 0.25) is 0 Å². The van der Waals surface area contributed by atoms with Crippen LogP contribution < -0.4 is 0 Å². The van der Waals surface area contributed by atoms with Gasteiger partial charge < -0.3 is 4.18 Å². The summed E-state index contributed by atoms with van der Waals surface area (Å²) >= 11 is 0. The smallest absolute Gasteiger partial charge is 0.316 e. The lowest BCUT2D eigenvalue weighted by Crippen LogP contribution is -2.28. The van der Waals surface area contributed by atoms with Crippen molar-refractivity contribution >= 4 is 16.4 Å². The van der Waals surface area contributed by atoms with Gasteiger partial charge >= 0.3 is 22.5 Å². The molecule has 0 atom stereocenters. The molecule has 0 rings (SSSR count). The molecule has 0 aliphatic carbocycles. The van der Waals surface area contributed by atoms with Crippen LogP contribution in [0.25, 0.3) is 0 Å². The summed E-state index contributed by atoms with van der Waals surface area (Å²) in [5, 5.41) is 0. The molecule has 0 aliphatic heterocycles. The average Bonchev–Trinajstić information content (AvgIpc) is 1.85. The molecule has 0 unspecified atom stereocenters. The van der Waals surface area contributed by atoms with Gasteiger partial charge in [0, 0.05) is 0 Å². The standard InChI is InChI=1S/C3H3F3O5S/c1-10-12(8,9)11-2(7)3(4,5)6/h1H3. The number of halogens is 3. The van der Waals surface area contributed by atoms with E-state index in [9.17, 15) is 26.4 Å². The SMILES string of the molecule is COS(=O)(=O)OC(=O)C(F)(F)F. The first-order chi connectivity index (χ1) is 5.19. The zero-order valence-corrected chi connectivity index (χ0v) is 6.40. The molecule has 0 aromatic rings. The van der Waals surface area contributed by atoms with Crippen LogP contribution in [0.5, 0.6) is 0 Å². The number of carbonyl (C=O) groups excluding carboxylic acids is 1. The number of carbonyl (C=O) groups is 1. The Labute approximate surface area is 65.4 Å². The van der Waals surface area contributed by atoms with E-state index in [1.54, 1.807) is 0 Å². The van der Waals surface area contributed by atoms with Crippen molar-refractivity contribution in [1.82, 2.24) is 0 Å². The highest BCUT2D eigenvalue weighted by Gasteiger charge is 2.44. The van der Waals surface area contributed by atoms with Crippen LogP contribution in [0.3, 0.4) is 0 Å². The Bertz CT molecular complexity index is 264. The van der Waals surface area contributed by atoms with Gasteiger partial charge in [-0.25, -0.2) is 8.98 Å². The Kier molecular flexibility index (Phi) is 3.04. The summed E-state index contributed by atoms with van der Waals surface area (Å²) in [6.07, 6.45) is -5.36. The average molecular weight is 208 g/mol. The van der Waals surface area contributed by atoms with Crippen LogP contribution in [0.1, 0.15) is 0 Å². The minimum absolute atomic E-state index is 0.555. The number of hydrogen-bond acceptors (Lipinski definition) is 5. The van der Waals surface area contributed by atoms with Gasteiger partial charge in [-0.15, -0.1) is 0 Å². The Morgan fingerprint density at radius 1 is 1.33 bits per heavy atom. The summed E-state index contributed by atoms with van der Waals surface area (Å²) in [6.45, 7) is 0. The Morgan fingerprint density at radius 3 is 2.00 bits per heavy atom. The van der Waals surface area contributed by atoms with Crippen molar-refractivity contribution in [3.05, 3.63) is 0 Å². The normalized spacial score (nSPS) is 12.7. The predicted octanol–water partition coefficient (Wildman–Crippen LogP) is -0.0169. The Morgan fingerprint density at radius 2 is 1.75 bits per heavy atom. The van der Waals surface area contributed by atoms with Crippen molar-refractivity contribution in [2.24, 2.45) is 0 Å². The van der Waals surface area contributed by atoms with Crippen LogP contribution in [0.4, 0.5) is 13.2 Å². The van der Waals surface area contributed by atoms with Gasteiger partial charge in [-0.1, -0.05) is 0 Å². The maximum atomic E-state index is 11.3. The predicted molar refractivity (Wildman–Crippen MR) is 28.1 cm³/mol. The molecule has 0 aliphatic rings. The molecule has 72 valence electrons. The monoisotopic (exact) mass is 208 g/mol. The zero-order chi connectivity index (χ0) is 9.99. The molecule has 0 N–H and O–H groups in total. The van der Waals surface area contributed by atoms with Crippen molar-refractivity contribution in [2.75, 3.05) is 7.11 Å². The van der Waals surface area contributed by atoms with Crippen molar-refractivity contribution in [2.45, 2.75) is 6.18 Å². The molecular weight excluding hydrogens is 205 g/mol. The zero-order valence-electron chi connectivity index (χ0n) is 5.58. The molecule has 0 amide bonds. The van der Waals surface area contributed by atoms with E-state index in [2.05, 4.69) is 8.37 Å². The molecule has 9 heteroatoms. The van der Waals surface area contributed by atoms with Crippen molar-refractivity contribution in [3.8, 4) is 0 Å². The van der Waals surface area contributed by atoms with E-state index in [1.165, 1.54) is 0 Å².